The molecule has 0 saturated heterocycles. The molecular formula is C37H32P2. The van der Waals surface area contributed by atoms with E-state index in [9.17, 15) is 0 Å². The van der Waals surface area contributed by atoms with Gasteiger partial charge in [0.15, 0.2) is 0 Å². The van der Waals surface area contributed by atoms with Crippen molar-refractivity contribution in [2.24, 2.45) is 5.92 Å². The normalized spacial score (nSPS) is 15.5. The molecule has 1 aliphatic rings. The van der Waals surface area contributed by atoms with Crippen molar-refractivity contribution in [2.75, 3.05) is 0 Å². The van der Waals surface area contributed by atoms with E-state index in [0.29, 0.717) is 11.6 Å². The van der Waals surface area contributed by atoms with E-state index in [1.54, 1.807) is 0 Å². The summed E-state index contributed by atoms with van der Waals surface area (Å²) in [6.45, 7) is 2.46. The summed E-state index contributed by atoms with van der Waals surface area (Å²) in [5, 5.41) is 7.09. The van der Waals surface area contributed by atoms with Crippen molar-refractivity contribution in [1.29, 1.82) is 0 Å². The Kier molecular flexibility index (Phi) is 7.97. The van der Waals surface area contributed by atoms with E-state index in [1.807, 2.05) is 0 Å². The second kappa shape index (κ2) is 12.1. The van der Waals surface area contributed by atoms with Gasteiger partial charge >= 0.3 is 0 Å². The minimum absolute atomic E-state index is 0.348. The smallest absolute Gasteiger partial charge is 0.00982 e. The lowest BCUT2D eigenvalue weighted by Crippen LogP contribution is -2.27. The number of benzene rings is 5. The third-order valence-corrected chi connectivity index (χ3v) is 12.8. The highest BCUT2D eigenvalue weighted by Gasteiger charge is 2.32. The first kappa shape index (κ1) is 25.7. The zero-order valence-electron chi connectivity index (χ0n) is 22.1. The van der Waals surface area contributed by atoms with Gasteiger partial charge in [0.25, 0.3) is 0 Å². The van der Waals surface area contributed by atoms with Gasteiger partial charge in [0, 0.05) is 5.92 Å². The van der Waals surface area contributed by atoms with Crippen LogP contribution in [0.5, 0.6) is 0 Å². The summed E-state index contributed by atoms with van der Waals surface area (Å²) in [5.41, 5.74) is 3.27. The molecule has 0 amide bonds. The second-order valence-electron chi connectivity index (χ2n) is 9.84. The maximum atomic E-state index is 2.46. The minimum atomic E-state index is -0.688. The predicted octanol–water partition coefficient (Wildman–Crippen LogP) is 7.54. The van der Waals surface area contributed by atoms with Crippen molar-refractivity contribution in [3.05, 3.63) is 169 Å². The monoisotopic (exact) mass is 538 g/mol. The van der Waals surface area contributed by atoms with Gasteiger partial charge in [-0.25, -0.2) is 0 Å². The molecule has 190 valence electrons. The standard InChI is InChI=1S/C37H32P2/c1-29(38(30-17-6-2-7-18-30)31-19-8-3-9-20-31)34-26-16-27-35(34)36-25-14-15-28-37(36)39(32-21-10-4-11-22-32)33-23-12-5-13-24-33/h2-29,34H,1H3/t29?,34-/m0/s1. The van der Waals surface area contributed by atoms with E-state index in [0.717, 1.165) is 0 Å². The Balaban J connectivity index is 1.43. The van der Waals surface area contributed by atoms with Crippen molar-refractivity contribution in [3.63, 3.8) is 0 Å². The molecule has 0 N–H and O–H groups in total. The van der Waals surface area contributed by atoms with Gasteiger partial charge in [-0.1, -0.05) is 171 Å². The third kappa shape index (κ3) is 5.46. The lowest BCUT2D eigenvalue weighted by atomic mass is 9.93. The van der Waals surface area contributed by atoms with Crippen LogP contribution in [0.1, 0.15) is 12.5 Å². The summed E-state index contributed by atoms with van der Waals surface area (Å²) in [7, 11) is -1.23. The molecule has 0 fully saturated rings. The molecule has 1 aliphatic carbocycles. The Bertz CT molecular complexity index is 1480. The first-order valence-corrected chi connectivity index (χ1v) is 16.3. The molecule has 2 heteroatoms. The number of allylic oxidation sites excluding steroid dienone is 4. The molecule has 6 rings (SSSR count). The van der Waals surface area contributed by atoms with E-state index in [4.69, 9.17) is 0 Å². The highest BCUT2D eigenvalue weighted by molar-refractivity contribution is 7.80. The Labute approximate surface area is 235 Å². The second-order valence-corrected chi connectivity index (χ2v) is 14.6. The number of rotatable bonds is 8. The average molecular weight is 539 g/mol. The average Bonchev–Trinajstić information content (AvgIpc) is 3.50. The Morgan fingerprint density at radius 1 is 0.513 bits per heavy atom. The molecule has 0 spiro atoms. The van der Waals surface area contributed by atoms with Crippen molar-refractivity contribution < 1.29 is 0 Å². The summed E-state index contributed by atoms with van der Waals surface area (Å²) >= 11 is 0. The lowest BCUT2D eigenvalue weighted by Gasteiger charge is -2.32. The van der Waals surface area contributed by atoms with Crippen LogP contribution in [0.25, 0.3) is 5.57 Å². The van der Waals surface area contributed by atoms with Gasteiger partial charge in [-0.15, -0.1) is 0 Å². The van der Waals surface area contributed by atoms with Gasteiger partial charge in [-0.05, 0) is 59.2 Å². The quantitative estimate of drug-likeness (QED) is 0.179. The largest absolute Gasteiger partial charge is 0.0763 e. The fourth-order valence-corrected chi connectivity index (χ4v) is 10.9. The summed E-state index contributed by atoms with van der Waals surface area (Å²) in [5.74, 6) is 0.348. The van der Waals surface area contributed by atoms with Gasteiger partial charge in [-0.3, -0.25) is 0 Å². The van der Waals surface area contributed by atoms with E-state index in [1.165, 1.54) is 37.7 Å². The van der Waals surface area contributed by atoms with E-state index >= 15 is 0 Å². The van der Waals surface area contributed by atoms with Gasteiger partial charge in [0.2, 0.25) is 0 Å². The predicted molar refractivity (Wildman–Crippen MR) is 174 cm³/mol. The molecule has 2 atom stereocenters. The van der Waals surface area contributed by atoms with E-state index < -0.39 is 15.8 Å². The van der Waals surface area contributed by atoms with E-state index in [2.05, 4.69) is 171 Å². The minimum Gasteiger partial charge on any atom is -0.0763 e. The zero-order valence-corrected chi connectivity index (χ0v) is 23.9. The Morgan fingerprint density at radius 2 is 0.949 bits per heavy atom. The van der Waals surface area contributed by atoms with Crippen LogP contribution in [0.2, 0.25) is 0 Å². The number of hydrogen-bond acceptors (Lipinski definition) is 0. The molecule has 5 aromatic rings. The molecule has 0 radical (unpaired) electrons. The summed E-state index contributed by atoms with van der Waals surface area (Å²) < 4.78 is 0. The van der Waals surface area contributed by atoms with Crippen molar-refractivity contribution >= 4 is 47.9 Å². The van der Waals surface area contributed by atoms with Gasteiger partial charge in [-0.2, -0.15) is 0 Å². The zero-order chi connectivity index (χ0) is 26.4. The Hall–Kier alpha value is -3.56. The molecule has 0 saturated carbocycles. The molecule has 0 aliphatic heterocycles. The third-order valence-electron chi connectivity index (χ3n) is 7.43. The maximum Gasteiger partial charge on any atom is 0.00982 e. The van der Waals surface area contributed by atoms with Crippen LogP contribution in [-0.2, 0) is 0 Å². The van der Waals surface area contributed by atoms with Crippen LogP contribution < -0.4 is 26.5 Å². The summed E-state index contributed by atoms with van der Waals surface area (Å²) in [6.07, 6.45) is 7.09. The van der Waals surface area contributed by atoms with Crippen LogP contribution in [0.15, 0.2) is 164 Å². The topological polar surface area (TPSA) is 0 Å². The highest BCUT2D eigenvalue weighted by atomic mass is 31.1. The molecule has 0 aromatic heterocycles. The van der Waals surface area contributed by atoms with Crippen molar-refractivity contribution in [1.82, 2.24) is 0 Å². The first-order chi connectivity index (χ1) is 19.3. The van der Waals surface area contributed by atoms with Gasteiger partial charge < -0.3 is 0 Å². The van der Waals surface area contributed by atoms with Gasteiger partial charge in [0.1, 0.15) is 0 Å². The molecule has 0 nitrogen and oxygen atoms in total. The van der Waals surface area contributed by atoms with Crippen LogP contribution in [0.4, 0.5) is 0 Å². The fraction of sp³-hybridized carbons (Fsp3) is 0.0811. The molecular weight excluding hydrogens is 506 g/mol. The first-order valence-electron chi connectivity index (χ1n) is 13.6. The fourth-order valence-electron chi connectivity index (χ4n) is 5.63. The number of hydrogen-bond donors (Lipinski definition) is 0. The molecule has 1 unspecified atom stereocenters. The van der Waals surface area contributed by atoms with Gasteiger partial charge in [0.05, 0.1) is 0 Å². The summed E-state index contributed by atoms with van der Waals surface area (Å²) in [4.78, 5) is 0. The van der Waals surface area contributed by atoms with E-state index in [-0.39, 0.29) is 0 Å². The van der Waals surface area contributed by atoms with Crippen LogP contribution >= 0.6 is 15.8 Å². The highest BCUT2D eigenvalue weighted by Crippen LogP contribution is 2.49. The van der Waals surface area contributed by atoms with Crippen LogP contribution in [-0.4, -0.2) is 5.66 Å². The van der Waals surface area contributed by atoms with Crippen molar-refractivity contribution in [2.45, 2.75) is 12.6 Å². The van der Waals surface area contributed by atoms with Crippen LogP contribution in [0, 0.1) is 5.92 Å². The lowest BCUT2D eigenvalue weighted by molar-refractivity contribution is 0.817. The SMILES string of the molecule is CC([C@@H]1C=CC=C1c1ccccc1P(c1ccccc1)c1ccccc1)P(c1ccccc1)c1ccccc1. The molecule has 5 aromatic carbocycles. The maximum absolute atomic E-state index is 2.46. The Morgan fingerprint density at radius 3 is 1.46 bits per heavy atom. The molecule has 0 bridgehead atoms. The molecule has 0 heterocycles. The van der Waals surface area contributed by atoms with Crippen LogP contribution in [0.3, 0.4) is 0 Å². The summed E-state index contributed by atoms with van der Waals surface area (Å²) in [6, 6.07) is 53.5. The molecule has 39 heavy (non-hydrogen) atoms. The van der Waals surface area contributed by atoms with Crippen molar-refractivity contribution in [3.8, 4) is 0 Å².